The second kappa shape index (κ2) is 14.0. The Morgan fingerprint density at radius 3 is 2.65 bits per heavy atom. The number of methoxy groups -OCH3 is 1. The van der Waals surface area contributed by atoms with Crippen LogP contribution in [0.3, 0.4) is 0 Å². The number of hydrogen-bond acceptors (Lipinski definition) is 8. The Kier molecular flexibility index (Phi) is 9.60. The number of aryl methyl sites for hydroxylation is 1. The van der Waals surface area contributed by atoms with E-state index in [9.17, 15) is 19.5 Å². The third-order valence-electron chi connectivity index (χ3n) is 11.2. The first-order chi connectivity index (χ1) is 24.9. The van der Waals surface area contributed by atoms with Gasteiger partial charge in [-0.05, 0) is 90.8 Å². The molecule has 1 aliphatic heterocycles. The number of fused-ring (bicyclic) bond motifs is 6. The molecular weight excluding hydrogens is 658 g/mol. The van der Waals surface area contributed by atoms with Gasteiger partial charge in [-0.3, -0.25) is 24.4 Å². The number of esters is 1. The number of aromatic hydroxyl groups is 1. The van der Waals surface area contributed by atoms with Gasteiger partial charge in [0, 0.05) is 73.0 Å². The minimum atomic E-state index is -0.925. The number of carbonyl (C=O) groups excluding carboxylic acids is 3. The van der Waals surface area contributed by atoms with E-state index in [1.807, 2.05) is 25.1 Å². The largest absolute Gasteiger partial charge is 0.508 e. The number of hydrazine groups is 1. The molecule has 3 heterocycles. The Balaban J connectivity index is 1.39. The summed E-state index contributed by atoms with van der Waals surface area (Å²) in [7, 11) is 1.71. The van der Waals surface area contributed by atoms with Crippen molar-refractivity contribution in [1.29, 1.82) is 0 Å². The van der Waals surface area contributed by atoms with Crippen LogP contribution in [0, 0.1) is 17.3 Å². The van der Waals surface area contributed by atoms with E-state index in [2.05, 4.69) is 48.9 Å². The van der Waals surface area contributed by atoms with Crippen LogP contribution in [0.4, 0.5) is 0 Å². The van der Waals surface area contributed by atoms with Gasteiger partial charge in [0.15, 0.2) is 0 Å². The van der Waals surface area contributed by atoms with Gasteiger partial charge in [0.2, 0.25) is 5.91 Å². The van der Waals surface area contributed by atoms with E-state index in [4.69, 9.17) is 20.3 Å². The molecule has 1 saturated carbocycles. The number of nitrogens with zero attached hydrogens (tertiary/aromatic N) is 3. The van der Waals surface area contributed by atoms with Gasteiger partial charge in [-0.2, -0.15) is 0 Å². The van der Waals surface area contributed by atoms with E-state index in [-0.39, 0.29) is 61.4 Å². The number of nitrogens with two attached hydrogens (primary N) is 1. The standard InChI is InChI=1S/C41H49N5O6/c1-6-45-32-13-12-25-21-30(32)34-35(38(51-5)36-28(37(34)45)10-9-14-43-36)41(3,4)22-52-33(48)11-7-8-15-46(42)40(50)31(44-39(49)29-16-23(29)2)19-24-17-26(25)20-27(47)18-24/h9-10,12-14,17-18,20-21,23,29,31,35,38,47H,6-8,11,15-16,19,22,42H2,1-5H3,(H,44,49)/t23-,29-,31-,35?,38-/m0/s1. The Morgan fingerprint density at radius 1 is 1.13 bits per heavy atom. The fraction of sp³-hybridized carbons (Fsp3) is 0.463. The zero-order chi connectivity index (χ0) is 36.9. The van der Waals surface area contributed by atoms with E-state index in [0.717, 1.165) is 56.0 Å². The molecule has 11 nitrogen and oxygen atoms in total. The number of hydrogen-bond donors (Lipinski definition) is 3. The molecule has 0 spiro atoms. The fourth-order valence-corrected chi connectivity index (χ4v) is 8.35. The number of cyclic esters (lactones) is 1. The topological polar surface area (TPSA) is 149 Å². The maximum absolute atomic E-state index is 13.7. The summed E-state index contributed by atoms with van der Waals surface area (Å²) >= 11 is 0. The van der Waals surface area contributed by atoms with Gasteiger partial charge in [0.05, 0.1) is 18.0 Å². The molecule has 4 N–H and O–H groups in total. The number of aromatic nitrogens is 2. The Bertz CT molecular complexity index is 2040. The quantitative estimate of drug-likeness (QED) is 0.133. The molecule has 4 bridgehead atoms. The van der Waals surface area contributed by atoms with Crippen LogP contribution in [0.25, 0.3) is 33.3 Å². The number of phenolic OH excluding ortho intramolecular Hbond substituents is 1. The van der Waals surface area contributed by atoms with Crippen molar-refractivity contribution in [3.05, 3.63) is 71.5 Å². The third-order valence-corrected chi connectivity index (χ3v) is 11.2. The van der Waals surface area contributed by atoms with E-state index in [0.29, 0.717) is 24.9 Å². The van der Waals surface area contributed by atoms with Crippen LogP contribution in [-0.2, 0) is 36.8 Å². The molecule has 2 amide bonds. The van der Waals surface area contributed by atoms with Crippen molar-refractivity contribution in [2.24, 2.45) is 23.1 Å². The third kappa shape index (κ3) is 6.56. The van der Waals surface area contributed by atoms with Crippen molar-refractivity contribution >= 4 is 28.7 Å². The highest BCUT2D eigenvalue weighted by Gasteiger charge is 2.47. The van der Waals surface area contributed by atoms with Gasteiger partial charge in [-0.25, -0.2) is 5.84 Å². The molecule has 2 aromatic carbocycles. The Hall–Kier alpha value is -4.74. The average Bonchev–Trinajstić information content (AvgIpc) is 3.78. The molecule has 7 rings (SSSR count). The molecule has 1 unspecified atom stereocenters. The first kappa shape index (κ1) is 35.7. The molecule has 4 aromatic rings. The number of nitrogens with one attached hydrogen (secondary N) is 1. The highest BCUT2D eigenvalue weighted by Crippen LogP contribution is 2.57. The zero-order valence-electron chi connectivity index (χ0n) is 30.6. The molecule has 0 radical (unpaired) electrons. The summed E-state index contributed by atoms with van der Waals surface area (Å²) < 4.78 is 14.6. The van der Waals surface area contributed by atoms with Gasteiger partial charge in [0.1, 0.15) is 17.9 Å². The lowest BCUT2D eigenvalue weighted by Crippen LogP contribution is -2.52. The fourth-order valence-electron chi connectivity index (χ4n) is 8.35. The molecular formula is C41H49N5O6. The summed E-state index contributed by atoms with van der Waals surface area (Å²) in [5.74, 6) is 5.33. The average molecular weight is 708 g/mol. The number of carbonyl (C=O) groups is 3. The Labute approximate surface area is 304 Å². The first-order valence-electron chi connectivity index (χ1n) is 18.4. The lowest BCUT2D eigenvalue weighted by atomic mass is 9.67. The predicted octanol–water partition coefficient (Wildman–Crippen LogP) is 6.02. The molecule has 274 valence electrons. The summed E-state index contributed by atoms with van der Waals surface area (Å²) in [6, 6.07) is 14.7. The maximum atomic E-state index is 13.7. The number of ether oxygens (including phenoxy) is 2. The summed E-state index contributed by atoms with van der Waals surface area (Å²) in [5.41, 5.74) is 6.86. The molecule has 5 atom stereocenters. The number of benzene rings is 2. The number of amides is 2. The molecule has 1 fully saturated rings. The van der Waals surface area contributed by atoms with E-state index < -0.39 is 23.5 Å². The van der Waals surface area contributed by atoms with E-state index >= 15 is 0 Å². The highest BCUT2D eigenvalue weighted by atomic mass is 16.5. The van der Waals surface area contributed by atoms with Crippen molar-refractivity contribution in [2.45, 2.75) is 84.4 Å². The zero-order valence-corrected chi connectivity index (χ0v) is 30.6. The van der Waals surface area contributed by atoms with Crippen molar-refractivity contribution in [1.82, 2.24) is 19.9 Å². The Morgan fingerprint density at radius 2 is 1.92 bits per heavy atom. The molecule has 2 aliphatic carbocycles. The summed E-state index contributed by atoms with van der Waals surface area (Å²) in [6.45, 7) is 9.45. The smallest absolute Gasteiger partial charge is 0.305 e. The first-order valence-corrected chi connectivity index (χ1v) is 18.4. The SMILES string of the molecule is CCn1c2c3c4cc(ccc41)-c1cc(O)cc(c1)C[C@H](NC(=O)[C@H]1C[C@@H]1C)C(=O)N(N)CCCCC(=O)OCC(C)(C)C3[C@H](OC)c1ncccc1-2. The normalized spacial score (nSPS) is 24.7. The molecule has 11 heteroatoms. The van der Waals surface area contributed by atoms with Crippen LogP contribution < -0.4 is 11.2 Å². The number of phenols is 1. The van der Waals surface area contributed by atoms with Crippen LogP contribution in [0.15, 0.2) is 54.7 Å². The van der Waals surface area contributed by atoms with Gasteiger partial charge >= 0.3 is 5.97 Å². The van der Waals surface area contributed by atoms with Crippen molar-refractivity contribution in [3.63, 3.8) is 0 Å². The maximum Gasteiger partial charge on any atom is 0.305 e. The number of rotatable bonds is 4. The van der Waals surface area contributed by atoms with Crippen molar-refractivity contribution in [2.75, 3.05) is 20.3 Å². The van der Waals surface area contributed by atoms with Gasteiger partial charge in [0.25, 0.3) is 5.91 Å². The van der Waals surface area contributed by atoms with Gasteiger partial charge < -0.3 is 24.5 Å². The summed E-state index contributed by atoms with van der Waals surface area (Å²) in [6.07, 6.45) is 3.45. The molecule has 52 heavy (non-hydrogen) atoms. The summed E-state index contributed by atoms with van der Waals surface area (Å²) in [5, 5.41) is 16.1. The monoisotopic (exact) mass is 707 g/mol. The van der Waals surface area contributed by atoms with Crippen molar-refractivity contribution in [3.8, 4) is 28.1 Å². The minimum Gasteiger partial charge on any atom is -0.508 e. The van der Waals surface area contributed by atoms with Crippen molar-refractivity contribution < 1.29 is 29.0 Å². The lowest BCUT2D eigenvalue weighted by molar-refractivity contribution is -0.148. The second-order valence-electron chi connectivity index (χ2n) is 15.4. The highest BCUT2D eigenvalue weighted by molar-refractivity contribution is 5.97. The van der Waals surface area contributed by atoms with Crippen LogP contribution in [0.5, 0.6) is 5.75 Å². The second-order valence-corrected chi connectivity index (χ2v) is 15.4. The van der Waals surface area contributed by atoms with Gasteiger partial charge in [-0.15, -0.1) is 0 Å². The number of pyridine rings is 1. The predicted molar refractivity (Wildman–Crippen MR) is 198 cm³/mol. The van der Waals surface area contributed by atoms with Crippen LogP contribution in [0.2, 0.25) is 0 Å². The van der Waals surface area contributed by atoms with Gasteiger partial charge in [-0.1, -0.05) is 32.9 Å². The van der Waals surface area contributed by atoms with Crippen LogP contribution in [0.1, 0.15) is 82.2 Å². The summed E-state index contributed by atoms with van der Waals surface area (Å²) in [4.78, 5) is 44.8. The lowest BCUT2D eigenvalue weighted by Gasteiger charge is -2.42. The van der Waals surface area contributed by atoms with Crippen LogP contribution in [-0.4, -0.2) is 63.8 Å². The molecule has 3 aliphatic rings. The minimum absolute atomic E-state index is 0.0566. The van der Waals surface area contributed by atoms with E-state index in [1.54, 1.807) is 25.4 Å². The molecule has 0 saturated heterocycles. The van der Waals surface area contributed by atoms with Crippen LogP contribution >= 0.6 is 0 Å². The molecule has 2 aromatic heterocycles. The van der Waals surface area contributed by atoms with E-state index in [1.165, 1.54) is 0 Å².